The van der Waals surface area contributed by atoms with Crippen LogP contribution in [0.1, 0.15) is 10.4 Å². The highest BCUT2D eigenvalue weighted by Gasteiger charge is 1.92. The summed E-state index contributed by atoms with van der Waals surface area (Å²) in [7, 11) is 1.55. The summed E-state index contributed by atoms with van der Waals surface area (Å²) in [6.07, 6.45) is 0. The van der Waals surface area contributed by atoms with Crippen LogP contribution in [0.3, 0.4) is 0 Å². The first-order valence-electron chi connectivity index (χ1n) is 2.78. The van der Waals surface area contributed by atoms with E-state index in [2.05, 4.69) is 6.07 Å². The third-order valence-electron chi connectivity index (χ3n) is 1.12. The monoisotopic (exact) mass is 117 g/mol. The average molecular weight is 117 g/mol. The second-order valence-electron chi connectivity index (χ2n) is 1.84. The Morgan fingerprint density at radius 1 is 1.44 bits per heavy atom. The van der Waals surface area contributed by atoms with E-state index in [0.717, 1.165) is 5.56 Å². The third kappa shape index (κ3) is 1.42. The van der Waals surface area contributed by atoms with Crippen molar-refractivity contribution in [1.29, 1.82) is 0 Å². The number of rotatable bonds is 1. The van der Waals surface area contributed by atoms with Gasteiger partial charge in [0, 0.05) is 5.56 Å². The van der Waals surface area contributed by atoms with E-state index in [4.69, 9.17) is 0 Å². The fourth-order valence-electron chi connectivity index (χ4n) is 0.622. The van der Waals surface area contributed by atoms with E-state index in [1.807, 2.05) is 0 Å². The Balaban J connectivity index is 2.98. The Morgan fingerprint density at radius 3 is 2.33 bits per heavy atom. The molecule has 0 aliphatic rings. The molecule has 1 radical (unpaired) electrons. The van der Waals surface area contributed by atoms with Crippen LogP contribution in [0.25, 0.3) is 0 Å². The van der Waals surface area contributed by atoms with E-state index in [1.165, 1.54) is 0 Å². The molecule has 0 unspecified atom stereocenters. The first kappa shape index (κ1) is 6.08. The molecule has 0 saturated carbocycles. The predicted molar refractivity (Wildman–Crippen MR) is 38.2 cm³/mol. The smallest absolute Gasteiger partial charge is 0.193 e. The molecule has 1 rings (SSSR count). The molecule has 0 aromatic heterocycles. The molecule has 0 aliphatic carbocycles. The summed E-state index contributed by atoms with van der Waals surface area (Å²) in [5.74, 6) is 0. The van der Waals surface area contributed by atoms with E-state index < -0.39 is 0 Å². The molecular formula is C7H6BO. The van der Waals surface area contributed by atoms with Gasteiger partial charge in [-0.25, -0.2) is 0 Å². The molecule has 0 N–H and O–H groups in total. The summed E-state index contributed by atoms with van der Waals surface area (Å²) >= 11 is 0. The van der Waals surface area contributed by atoms with E-state index in [9.17, 15) is 4.79 Å². The van der Waals surface area contributed by atoms with Crippen molar-refractivity contribution in [2.24, 2.45) is 0 Å². The third-order valence-corrected chi connectivity index (χ3v) is 1.12. The molecular weight excluding hydrogens is 111 g/mol. The van der Waals surface area contributed by atoms with Gasteiger partial charge in [0.05, 0.1) is 0 Å². The SMILES string of the molecule is BC(=O)c1cc[c]cc1. The van der Waals surface area contributed by atoms with Crippen molar-refractivity contribution in [1.82, 2.24) is 0 Å². The molecule has 0 aliphatic heterocycles. The lowest BCUT2D eigenvalue weighted by atomic mass is 9.95. The molecule has 1 nitrogen and oxygen atoms in total. The number of carbonyl (C=O) groups excluding carboxylic acids is 1. The largest absolute Gasteiger partial charge is 0.307 e. The summed E-state index contributed by atoms with van der Waals surface area (Å²) in [5, 5.41) is 0. The maximum atomic E-state index is 10.6. The van der Waals surface area contributed by atoms with Gasteiger partial charge >= 0.3 is 0 Å². The zero-order valence-corrected chi connectivity index (χ0v) is 5.22. The Hall–Kier alpha value is -1.05. The van der Waals surface area contributed by atoms with Crippen molar-refractivity contribution < 1.29 is 4.79 Å². The molecule has 1 aromatic rings. The first-order chi connectivity index (χ1) is 4.30. The number of hydrogen-bond acceptors (Lipinski definition) is 1. The van der Waals surface area contributed by atoms with E-state index in [0.29, 0.717) is 0 Å². The molecule has 43 valence electrons. The number of carbonyl (C=O) groups is 1. The first-order valence-corrected chi connectivity index (χ1v) is 2.78. The van der Waals surface area contributed by atoms with Gasteiger partial charge in [-0.3, -0.25) is 0 Å². The second kappa shape index (κ2) is 2.49. The van der Waals surface area contributed by atoms with Crippen molar-refractivity contribution in [3.8, 4) is 0 Å². The lowest BCUT2D eigenvalue weighted by molar-refractivity contribution is 0.108. The van der Waals surface area contributed by atoms with Crippen LogP contribution < -0.4 is 0 Å². The van der Waals surface area contributed by atoms with E-state index >= 15 is 0 Å². The van der Waals surface area contributed by atoms with Crippen molar-refractivity contribution >= 4 is 13.5 Å². The van der Waals surface area contributed by atoms with Crippen LogP contribution in [0.15, 0.2) is 24.3 Å². The summed E-state index contributed by atoms with van der Waals surface area (Å²) in [5.41, 5.74) is 0.845. The summed E-state index contributed by atoms with van der Waals surface area (Å²) in [4.78, 5) is 10.6. The molecule has 0 atom stereocenters. The van der Waals surface area contributed by atoms with Crippen LogP contribution in [0, 0.1) is 6.07 Å². The van der Waals surface area contributed by atoms with Crippen molar-refractivity contribution in [2.45, 2.75) is 0 Å². The van der Waals surface area contributed by atoms with E-state index in [-0.39, 0.29) is 5.68 Å². The van der Waals surface area contributed by atoms with Crippen molar-refractivity contribution in [3.05, 3.63) is 35.9 Å². The maximum absolute atomic E-state index is 10.6. The Kier molecular flexibility index (Phi) is 1.68. The molecule has 0 saturated heterocycles. The summed E-state index contributed by atoms with van der Waals surface area (Å²) in [6, 6.07) is 9.81. The zero-order chi connectivity index (χ0) is 6.69. The van der Waals surface area contributed by atoms with Gasteiger partial charge in [0.15, 0.2) is 7.85 Å². The normalized spacial score (nSPS) is 8.89. The van der Waals surface area contributed by atoms with E-state index in [1.54, 1.807) is 32.1 Å². The molecule has 0 fully saturated rings. The predicted octanol–water partition coefficient (Wildman–Crippen LogP) is 0.260. The quantitative estimate of drug-likeness (QED) is 0.482. The molecule has 0 amide bonds. The van der Waals surface area contributed by atoms with Crippen molar-refractivity contribution in [3.63, 3.8) is 0 Å². The van der Waals surface area contributed by atoms with Gasteiger partial charge in [0.25, 0.3) is 0 Å². The van der Waals surface area contributed by atoms with Crippen LogP contribution in [-0.4, -0.2) is 13.5 Å². The maximum Gasteiger partial charge on any atom is 0.193 e. The van der Waals surface area contributed by atoms with Crippen LogP contribution in [0.2, 0.25) is 0 Å². The van der Waals surface area contributed by atoms with Gasteiger partial charge in [-0.2, -0.15) is 0 Å². The van der Waals surface area contributed by atoms with Gasteiger partial charge in [-0.05, 0) is 6.07 Å². The van der Waals surface area contributed by atoms with Crippen molar-refractivity contribution in [2.75, 3.05) is 0 Å². The molecule has 0 spiro atoms. The lowest BCUT2D eigenvalue weighted by Gasteiger charge is -1.89. The Bertz CT molecular complexity index is 205. The lowest BCUT2D eigenvalue weighted by Crippen LogP contribution is -1.95. The fourth-order valence-corrected chi connectivity index (χ4v) is 0.622. The number of hydrogen-bond donors (Lipinski definition) is 0. The molecule has 0 bridgehead atoms. The van der Waals surface area contributed by atoms with Gasteiger partial charge < -0.3 is 4.79 Å². The summed E-state index contributed by atoms with van der Waals surface area (Å²) in [6.45, 7) is 0. The van der Waals surface area contributed by atoms with Gasteiger partial charge in [0.2, 0.25) is 0 Å². The Labute approximate surface area is 55.1 Å². The standard InChI is InChI=1S/C7H6BO/c8-7(9)6-4-2-1-3-5-6/h2-5H,8H2. The van der Waals surface area contributed by atoms with Gasteiger partial charge in [-0.15, -0.1) is 0 Å². The highest BCUT2D eigenvalue weighted by Crippen LogP contribution is 1.95. The molecule has 9 heavy (non-hydrogen) atoms. The number of benzene rings is 1. The zero-order valence-electron chi connectivity index (χ0n) is 5.22. The van der Waals surface area contributed by atoms with Crippen LogP contribution in [0.4, 0.5) is 0 Å². The summed E-state index contributed by atoms with van der Waals surface area (Å²) < 4.78 is 0. The van der Waals surface area contributed by atoms with Crippen LogP contribution in [-0.2, 0) is 0 Å². The van der Waals surface area contributed by atoms with Gasteiger partial charge in [-0.1, -0.05) is 24.3 Å². The minimum absolute atomic E-state index is 0.101. The van der Waals surface area contributed by atoms with Crippen LogP contribution in [0.5, 0.6) is 0 Å². The van der Waals surface area contributed by atoms with Gasteiger partial charge in [0.1, 0.15) is 5.68 Å². The minimum Gasteiger partial charge on any atom is -0.307 e. The highest BCUT2D eigenvalue weighted by atomic mass is 16.1. The fraction of sp³-hybridized carbons (Fsp3) is 0. The average Bonchev–Trinajstić information content (AvgIpc) is 1.90. The highest BCUT2D eigenvalue weighted by molar-refractivity contribution is 6.62. The Morgan fingerprint density at radius 2 is 2.00 bits per heavy atom. The second-order valence-corrected chi connectivity index (χ2v) is 1.84. The molecule has 1 aromatic carbocycles. The minimum atomic E-state index is 0.101. The topological polar surface area (TPSA) is 17.1 Å². The molecule has 0 heterocycles. The van der Waals surface area contributed by atoms with Crippen LogP contribution >= 0.6 is 0 Å². The molecule has 2 heteroatoms.